The van der Waals surface area contributed by atoms with Gasteiger partial charge in [-0.2, -0.15) is 0 Å². The van der Waals surface area contributed by atoms with Crippen LogP contribution in [0.1, 0.15) is 16.7 Å². The summed E-state index contributed by atoms with van der Waals surface area (Å²) in [4.78, 5) is 1.86. The Bertz CT molecular complexity index is 532. The number of ether oxygens (including phenoxy) is 1. The highest BCUT2D eigenvalue weighted by Gasteiger charge is 1.99. The van der Waals surface area contributed by atoms with E-state index in [0.29, 0.717) is 6.61 Å². The van der Waals surface area contributed by atoms with E-state index in [9.17, 15) is 0 Å². The topological polar surface area (TPSA) is 9.23 Å². The zero-order chi connectivity index (χ0) is 12.8. The smallest absolute Gasteiger partial charge is 0.120 e. The molecule has 0 bridgehead atoms. The molecule has 0 aliphatic heterocycles. The lowest BCUT2D eigenvalue weighted by Gasteiger charge is -2.08. The van der Waals surface area contributed by atoms with Gasteiger partial charge >= 0.3 is 0 Å². The molecule has 0 heterocycles. The van der Waals surface area contributed by atoms with E-state index in [1.165, 1.54) is 11.1 Å². The highest BCUT2D eigenvalue weighted by molar-refractivity contribution is 9.11. The minimum Gasteiger partial charge on any atom is -0.489 e. The molecule has 2 aromatic carbocycles. The highest BCUT2D eigenvalue weighted by Crippen LogP contribution is 2.20. The first-order valence-electron chi connectivity index (χ1n) is 5.84. The molecule has 0 atom stereocenters. The van der Waals surface area contributed by atoms with Crippen LogP contribution in [0.15, 0.2) is 53.5 Å². The molecular formula is C16H15BrO. The van der Waals surface area contributed by atoms with Crippen LogP contribution in [0, 0.1) is 6.92 Å². The van der Waals surface area contributed by atoms with Crippen LogP contribution in [-0.4, -0.2) is 0 Å². The second-order valence-corrected chi connectivity index (χ2v) is 4.61. The van der Waals surface area contributed by atoms with Gasteiger partial charge in [-0.25, -0.2) is 0 Å². The SMILES string of the molecule is Cc1ccc(OCc2ccccc2)cc1/C=C/Br. The van der Waals surface area contributed by atoms with E-state index in [-0.39, 0.29) is 0 Å². The lowest BCUT2D eigenvalue weighted by molar-refractivity contribution is 0.306. The summed E-state index contributed by atoms with van der Waals surface area (Å²) in [5, 5.41) is 0. The Kier molecular flexibility index (Phi) is 4.59. The minimum absolute atomic E-state index is 0.599. The molecule has 18 heavy (non-hydrogen) atoms. The number of hydrogen-bond donors (Lipinski definition) is 0. The fraction of sp³-hybridized carbons (Fsp3) is 0.125. The van der Waals surface area contributed by atoms with Gasteiger partial charge in [0.25, 0.3) is 0 Å². The molecule has 0 saturated heterocycles. The maximum absolute atomic E-state index is 5.78. The predicted octanol–water partition coefficient (Wildman–Crippen LogP) is 4.94. The Morgan fingerprint density at radius 3 is 2.61 bits per heavy atom. The van der Waals surface area contributed by atoms with Gasteiger partial charge in [-0.1, -0.05) is 52.3 Å². The first kappa shape index (κ1) is 12.9. The van der Waals surface area contributed by atoms with Crippen molar-refractivity contribution in [3.8, 4) is 5.75 Å². The molecule has 0 saturated carbocycles. The Balaban J connectivity index is 2.08. The summed E-state index contributed by atoms with van der Waals surface area (Å²) in [5.74, 6) is 0.894. The van der Waals surface area contributed by atoms with Crippen molar-refractivity contribution < 1.29 is 4.74 Å². The molecule has 0 unspecified atom stereocenters. The van der Waals surface area contributed by atoms with Crippen molar-refractivity contribution in [2.45, 2.75) is 13.5 Å². The number of halogens is 1. The predicted molar refractivity (Wildman–Crippen MR) is 79.9 cm³/mol. The third-order valence-electron chi connectivity index (χ3n) is 2.74. The third-order valence-corrected chi connectivity index (χ3v) is 3.01. The number of benzene rings is 2. The fourth-order valence-corrected chi connectivity index (χ4v) is 1.98. The molecule has 0 aliphatic carbocycles. The Hall–Kier alpha value is -1.54. The molecule has 2 heteroatoms. The molecule has 0 aliphatic rings. The molecule has 0 aromatic heterocycles. The van der Waals surface area contributed by atoms with E-state index in [4.69, 9.17) is 4.74 Å². The zero-order valence-corrected chi connectivity index (χ0v) is 11.9. The maximum Gasteiger partial charge on any atom is 0.120 e. The molecule has 2 aromatic rings. The quantitative estimate of drug-likeness (QED) is 0.777. The van der Waals surface area contributed by atoms with E-state index in [1.54, 1.807) is 0 Å². The van der Waals surface area contributed by atoms with Crippen LogP contribution in [0.5, 0.6) is 5.75 Å². The van der Waals surface area contributed by atoms with E-state index in [2.05, 4.69) is 47.1 Å². The summed E-state index contributed by atoms with van der Waals surface area (Å²) in [7, 11) is 0. The summed E-state index contributed by atoms with van der Waals surface area (Å²) in [6.45, 7) is 2.69. The van der Waals surface area contributed by atoms with E-state index in [0.717, 1.165) is 11.3 Å². The largest absolute Gasteiger partial charge is 0.489 e. The van der Waals surface area contributed by atoms with Gasteiger partial charge in [0.15, 0.2) is 0 Å². The summed E-state index contributed by atoms with van der Waals surface area (Å²) in [6, 6.07) is 16.3. The van der Waals surface area contributed by atoms with Crippen LogP contribution in [0.3, 0.4) is 0 Å². The van der Waals surface area contributed by atoms with Gasteiger partial charge in [0, 0.05) is 0 Å². The standard InChI is InChI=1S/C16H15BrO/c1-13-7-8-16(11-15(13)9-10-17)18-12-14-5-3-2-4-6-14/h2-11H,12H2,1H3/b10-9+. The molecular weight excluding hydrogens is 288 g/mol. The Morgan fingerprint density at radius 1 is 1.11 bits per heavy atom. The number of aryl methyl sites for hydroxylation is 1. The summed E-state index contributed by atoms with van der Waals surface area (Å²) in [6.07, 6.45) is 2.02. The summed E-state index contributed by atoms with van der Waals surface area (Å²) >= 11 is 3.30. The van der Waals surface area contributed by atoms with Crippen molar-refractivity contribution in [1.82, 2.24) is 0 Å². The minimum atomic E-state index is 0.599. The molecule has 0 fully saturated rings. The van der Waals surface area contributed by atoms with E-state index < -0.39 is 0 Å². The van der Waals surface area contributed by atoms with Gasteiger partial charge in [0.2, 0.25) is 0 Å². The van der Waals surface area contributed by atoms with Crippen LogP contribution in [0.2, 0.25) is 0 Å². The van der Waals surface area contributed by atoms with Gasteiger partial charge in [-0.3, -0.25) is 0 Å². The average molecular weight is 303 g/mol. The van der Waals surface area contributed by atoms with Gasteiger partial charge in [-0.05, 0) is 46.8 Å². The van der Waals surface area contributed by atoms with Crippen LogP contribution in [0.4, 0.5) is 0 Å². The molecule has 0 radical (unpaired) electrons. The summed E-state index contributed by atoms with van der Waals surface area (Å²) < 4.78 is 5.78. The first-order valence-corrected chi connectivity index (χ1v) is 6.75. The molecule has 1 nitrogen and oxygen atoms in total. The van der Waals surface area contributed by atoms with E-state index in [1.807, 2.05) is 35.3 Å². The molecule has 0 spiro atoms. The highest BCUT2D eigenvalue weighted by atomic mass is 79.9. The third kappa shape index (κ3) is 3.47. The second-order valence-electron chi connectivity index (χ2n) is 4.09. The molecule has 0 amide bonds. The number of hydrogen-bond acceptors (Lipinski definition) is 1. The van der Waals surface area contributed by atoms with Gasteiger partial charge < -0.3 is 4.74 Å². The maximum atomic E-state index is 5.78. The lowest BCUT2D eigenvalue weighted by atomic mass is 10.1. The van der Waals surface area contributed by atoms with Crippen molar-refractivity contribution in [3.05, 3.63) is 70.2 Å². The van der Waals surface area contributed by atoms with Crippen molar-refractivity contribution in [3.63, 3.8) is 0 Å². The number of rotatable bonds is 4. The normalized spacial score (nSPS) is 10.8. The monoisotopic (exact) mass is 302 g/mol. The fourth-order valence-electron chi connectivity index (χ4n) is 1.70. The van der Waals surface area contributed by atoms with Crippen molar-refractivity contribution >= 4 is 22.0 Å². The van der Waals surface area contributed by atoms with Gasteiger partial charge in [0.1, 0.15) is 12.4 Å². The van der Waals surface area contributed by atoms with Gasteiger partial charge in [0.05, 0.1) is 0 Å². The van der Waals surface area contributed by atoms with Crippen LogP contribution in [0.25, 0.3) is 6.08 Å². The first-order chi connectivity index (χ1) is 8.79. The van der Waals surface area contributed by atoms with Crippen molar-refractivity contribution in [2.75, 3.05) is 0 Å². The van der Waals surface area contributed by atoms with Crippen molar-refractivity contribution in [1.29, 1.82) is 0 Å². The van der Waals surface area contributed by atoms with Crippen molar-refractivity contribution in [2.24, 2.45) is 0 Å². The van der Waals surface area contributed by atoms with Crippen LogP contribution < -0.4 is 4.74 Å². The molecule has 2 rings (SSSR count). The molecule has 92 valence electrons. The Morgan fingerprint density at radius 2 is 1.89 bits per heavy atom. The Labute approximate surface area is 116 Å². The van der Waals surface area contributed by atoms with Gasteiger partial charge in [-0.15, -0.1) is 0 Å². The summed E-state index contributed by atoms with van der Waals surface area (Å²) in [5.41, 5.74) is 3.57. The molecule has 0 N–H and O–H groups in total. The second kappa shape index (κ2) is 6.41. The lowest BCUT2D eigenvalue weighted by Crippen LogP contribution is -1.95. The zero-order valence-electron chi connectivity index (χ0n) is 10.3. The van der Waals surface area contributed by atoms with Crippen LogP contribution >= 0.6 is 15.9 Å². The average Bonchev–Trinajstić information content (AvgIpc) is 2.41. The van der Waals surface area contributed by atoms with Crippen LogP contribution in [-0.2, 0) is 6.61 Å². The van der Waals surface area contributed by atoms with E-state index >= 15 is 0 Å².